The summed E-state index contributed by atoms with van der Waals surface area (Å²) in [5.74, 6) is -3.98. The Hall–Kier alpha value is -4.69. The number of phenols is 1. The van der Waals surface area contributed by atoms with Gasteiger partial charge in [-0.3, -0.25) is 19.8 Å². The van der Waals surface area contributed by atoms with Gasteiger partial charge in [-0.25, -0.2) is 4.79 Å². The maximum absolute atomic E-state index is 13.1. The zero-order chi connectivity index (χ0) is 30.4. The van der Waals surface area contributed by atoms with Gasteiger partial charge in [-0.05, 0) is 42.5 Å². The monoisotopic (exact) mass is 571 g/mol. The van der Waals surface area contributed by atoms with E-state index in [0.717, 1.165) is 5.56 Å². The van der Waals surface area contributed by atoms with Crippen molar-refractivity contribution in [2.24, 2.45) is 11.5 Å². The van der Waals surface area contributed by atoms with E-state index >= 15 is 0 Å². The van der Waals surface area contributed by atoms with E-state index < -0.39 is 54.5 Å². The highest BCUT2D eigenvalue weighted by atomic mass is 16.4. The molecule has 2 aromatic carbocycles. The molecule has 0 heterocycles. The lowest BCUT2D eigenvalue weighted by molar-refractivity contribution is -0.142. The molecule has 14 nitrogen and oxygen atoms in total. The van der Waals surface area contributed by atoms with Crippen LogP contribution in [0.1, 0.15) is 24.0 Å². The number of hydrogen-bond acceptors (Lipinski definition) is 8. The molecule has 12 N–H and O–H groups in total. The van der Waals surface area contributed by atoms with Gasteiger partial charge >= 0.3 is 5.97 Å². The standard InChI is InChI=1S/C27H37N7O7/c28-19(13-16-5-2-1-3-6-16)23(37)34-22(15-35)25(39)32-20(7-4-12-31-27(29)30)24(38)33-21(26(40)41)14-17-8-10-18(36)11-9-17/h1-3,5-6,8-11,19-22,35-36H,4,7,12-15,28H2,(H,32,39)(H,33,38)(H,34,37)(H,40,41)(H4,29,30,31)/t19-,20-,21-,22-/m0/s1. The van der Waals surface area contributed by atoms with Crippen LogP contribution in [0.4, 0.5) is 0 Å². The molecule has 14 heteroatoms. The van der Waals surface area contributed by atoms with Gasteiger partial charge in [-0.1, -0.05) is 42.5 Å². The summed E-state index contributed by atoms with van der Waals surface area (Å²) in [6.07, 6.45) is 0.371. The van der Waals surface area contributed by atoms with E-state index in [1.807, 2.05) is 6.07 Å². The molecule has 0 aliphatic rings. The van der Waals surface area contributed by atoms with Crippen LogP contribution in [-0.4, -0.2) is 82.3 Å². The minimum Gasteiger partial charge on any atom is -0.508 e. The van der Waals surface area contributed by atoms with Gasteiger partial charge in [0.25, 0.3) is 0 Å². The van der Waals surface area contributed by atoms with Crippen molar-refractivity contribution in [1.82, 2.24) is 21.3 Å². The van der Waals surface area contributed by atoms with Crippen molar-refractivity contribution in [2.75, 3.05) is 13.2 Å². The van der Waals surface area contributed by atoms with Crippen molar-refractivity contribution in [3.05, 3.63) is 65.7 Å². The number of aromatic hydroxyl groups is 1. The van der Waals surface area contributed by atoms with E-state index in [-0.39, 0.29) is 43.9 Å². The highest BCUT2D eigenvalue weighted by molar-refractivity contribution is 5.94. The maximum Gasteiger partial charge on any atom is 0.326 e. The molecule has 0 saturated heterocycles. The first-order valence-corrected chi connectivity index (χ1v) is 12.9. The lowest BCUT2D eigenvalue weighted by Crippen LogP contribution is -2.58. The highest BCUT2D eigenvalue weighted by Crippen LogP contribution is 2.12. The van der Waals surface area contributed by atoms with Crippen molar-refractivity contribution in [3.8, 4) is 5.75 Å². The Labute approximate surface area is 237 Å². The van der Waals surface area contributed by atoms with Crippen LogP contribution in [0.3, 0.4) is 0 Å². The van der Waals surface area contributed by atoms with Gasteiger partial charge in [0.15, 0.2) is 5.96 Å². The van der Waals surface area contributed by atoms with Gasteiger partial charge in [0.2, 0.25) is 17.7 Å². The Kier molecular flexibility index (Phi) is 13.0. The van der Waals surface area contributed by atoms with Gasteiger partial charge in [0, 0.05) is 13.0 Å². The van der Waals surface area contributed by atoms with Crippen LogP contribution >= 0.6 is 0 Å². The normalized spacial score (nSPS) is 13.6. The lowest BCUT2D eigenvalue weighted by atomic mass is 10.0. The molecule has 0 aliphatic carbocycles. The number of benzene rings is 2. The summed E-state index contributed by atoms with van der Waals surface area (Å²) in [6.45, 7) is -0.589. The number of rotatable bonds is 16. The first-order chi connectivity index (χ1) is 19.5. The minimum absolute atomic E-state index is 0.00171. The number of guanidine groups is 1. The Balaban J connectivity index is 2.09. The fourth-order valence-corrected chi connectivity index (χ4v) is 3.84. The maximum atomic E-state index is 13.1. The average Bonchev–Trinajstić information content (AvgIpc) is 2.94. The molecular weight excluding hydrogens is 534 g/mol. The van der Waals surface area contributed by atoms with Crippen LogP contribution in [-0.2, 0) is 32.0 Å². The summed E-state index contributed by atoms with van der Waals surface area (Å²) in [5, 5.41) is 46.0. The number of aliphatic carboxylic acids is 1. The third-order valence-electron chi connectivity index (χ3n) is 6.06. The number of amides is 3. The highest BCUT2D eigenvalue weighted by Gasteiger charge is 2.30. The van der Waals surface area contributed by atoms with Crippen molar-refractivity contribution in [2.45, 2.75) is 49.9 Å². The molecule has 0 aromatic heterocycles. The largest absolute Gasteiger partial charge is 0.508 e. The van der Waals surface area contributed by atoms with E-state index in [9.17, 15) is 34.5 Å². The van der Waals surface area contributed by atoms with Gasteiger partial charge in [-0.2, -0.15) is 0 Å². The molecule has 0 saturated carbocycles. The number of phenolic OH excluding ortho intramolecular Hbond substituents is 1. The molecule has 2 rings (SSSR count). The third kappa shape index (κ3) is 11.5. The van der Waals surface area contributed by atoms with E-state index in [1.54, 1.807) is 24.3 Å². The molecular formula is C27H37N7O7. The van der Waals surface area contributed by atoms with Crippen molar-refractivity contribution in [1.29, 1.82) is 5.41 Å². The quantitative estimate of drug-likeness (QED) is 0.0621. The first kappa shape index (κ1) is 32.5. The Morgan fingerprint density at radius 2 is 1.37 bits per heavy atom. The molecule has 0 spiro atoms. The molecule has 0 fully saturated rings. The topological polar surface area (TPSA) is 253 Å². The second-order valence-corrected chi connectivity index (χ2v) is 9.35. The number of aliphatic hydroxyl groups excluding tert-OH is 1. The predicted octanol–water partition coefficient (Wildman–Crippen LogP) is -1.70. The molecule has 222 valence electrons. The number of nitrogens with two attached hydrogens (primary N) is 2. The summed E-state index contributed by atoms with van der Waals surface area (Å²) in [4.78, 5) is 50.6. The van der Waals surface area contributed by atoms with Crippen LogP contribution in [0, 0.1) is 5.41 Å². The second-order valence-electron chi connectivity index (χ2n) is 9.35. The van der Waals surface area contributed by atoms with Gasteiger partial charge in [0.05, 0.1) is 12.6 Å². The van der Waals surface area contributed by atoms with Crippen molar-refractivity contribution in [3.63, 3.8) is 0 Å². The SMILES string of the molecule is N=C(N)NCCC[C@H](NC(=O)[C@H](CO)NC(=O)[C@@H](N)Cc1ccccc1)C(=O)N[C@@H](Cc1ccc(O)cc1)C(=O)O. The predicted molar refractivity (Wildman–Crippen MR) is 150 cm³/mol. The molecule has 0 radical (unpaired) electrons. The molecule has 0 bridgehead atoms. The number of carbonyl (C=O) groups is 4. The van der Waals surface area contributed by atoms with Gasteiger partial charge < -0.3 is 48.1 Å². The van der Waals surface area contributed by atoms with Gasteiger partial charge in [-0.15, -0.1) is 0 Å². The Morgan fingerprint density at radius 3 is 1.95 bits per heavy atom. The van der Waals surface area contributed by atoms with Gasteiger partial charge in [0.1, 0.15) is 23.9 Å². The number of carboxylic acid groups (broad SMARTS) is 1. The number of nitrogens with one attached hydrogen (secondary N) is 5. The van der Waals surface area contributed by atoms with Crippen LogP contribution in [0.15, 0.2) is 54.6 Å². The van der Waals surface area contributed by atoms with E-state index in [4.69, 9.17) is 16.9 Å². The summed E-state index contributed by atoms with van der Waals surface area (Å²) in [7, 11) is 0. The average molecular weight is 572 g/mol. The third-order valence-corrected chi connectivity index (χ3v) is 6.06. The van der Waals surface area contributed by atoms with Crippen LogP contribution < -0.4 is 32.7 Å². The van der Waals surface area contributed by atoms with Crippen LogP contribution in [0.5, 0.6) is 5.75 Å². The summed E-state index contributed by atoms with van der Waals surface area (Å²) in [5.41, 5.74) is 12.6. The zero-order valence-corrected chi connectivity index (χ0v) is 22.4. The molecule has 0 unspecified atom stereocenters. The summed E-state index contributed by atoms with van der Waals surface area (Å²) >= 11 is 0. The van der Waals surface area contributed by atoms with Crippen molar-refractivity contribution >= 4 is 29.7 Å². The van der Waals surface area contributed by atoms with E-state index in [0.29, 0.717) is 5.56 Å². The molecule has 0 aliphatic heterocycles. The second kappa shape index (κ2) is 16.4. The van der Waals surface area contributed by atoms with Crippen molar-refractivity contribution < 1.29 is 34.5 Å². The first-order valence-electron chi connectivity index (χ1n) is 12.9. The summed E-state index contributed by atoms with van der Waals surface area (Å²) < 4.78 is 0. The smallest absolute Gasteiger partial charge is 0.326 e. The Morgan fingerprint density at radius 1 is 0.805 bits per heavy atom. The minimum atomic E-state index is -1.43. The molecule has 41 heavy (non-hydrogen) atoms. The van der Waals surface area contributed by atoms with E-state index in [1.165, 1.54) is 24.3 Å². The summed E-state index contributed by atoms with van der Waals surface area (Å²) in [6, 6.07) is 9.74. The molecule has 3 amide bonds. The number of carboxylic acids is 1. The van der Waals surface area contributed by atoms with Crippen LogP contribution in [0.2, 0.25) is 0 Å². The zero-order valence-electron chi connectivity index (χ0n) is 22.4. The molecule has 4 atom stereocenters. The number of hydrogen-bond donors (Lipinski definition) is 10. The van der Waals surface area contributed by atoms with E-state index in [2.05, 4.69) is 21.3 Å². The lowest BCUT2D eigenvalue weighted by Gasteiger charge is -2.24. The fourth-order valence-electron chi connectivity index (χ4n) is 3.84. The molecule has 2 aromatic rings. The number of aliphatic hydroxyl groups is 1. The number of carbonyl (C=O) groups excluding carboxylic acids is 3. The van der Waals surface area contributed by atoms with Crippen LogP contribution in [0.25, 0.3) is 0 Å². The fraction of sp³-hybridized carbons (Fsp3) is 0.370. The Bertz CT molecular complexity index is 1180.